The summed E-state index contributed by atoms with van der Waals surface area (Å²) in [5.41, 5.74) is 1.31. The molecule has 0 saturated heterocycles. The Labute approximate surface area is 90.7 Å². The van der Waals surface area contributed by atoms with Crippen LogP contribution < -0.4 is 0 Å². The van der Waals surface area contributed by atoms with Crippen LogP contribution in [0, 0.1) is 0 Å². The van der Waals surface area contributed by atoms with Gasteiger partial charge in [-0.1, -0.05) is 36.4 Å². The maximum atomic E-state index is 5.78. The number of hydrogen-bond donors (Lipinski definition) is 0. The Hall–Kier alpha value is -0.140. The van der Waals surface area contributed by atoms with E-state index in [-0.39, 0.29) is 4.75 Å². The van der Waals surface area contributed by atoms with Gasteiger partial charge < -0.3 is 0 Å². The smallest absolute Gasteiger partial charge is 0.0406 e. The highest BCUT2D eigenvalue weighted by Crippen LogP contribution is 2.20. The fraction of sp³-hybridized carbons (Fsp3) is 0.455. The fourth-order valence-electron chi connectivity index (χ4n) is 1.10. The average molecular weight is 214 g/mol. The van der Waals surface area contributed by atoms with E-state index in [0.29, 0.717) is 0 Å². The van der Waals surface area contributed by atoms with E-state index in [1.54, 1.807) is 0 Å². The molecule has 2 heteroatoms. The molecule has 1 aromatic rings. The van der Waals surface area contributed by atoms with Crippen molar-refractivity contribution >= 4 is 24.2 Å². The molecule has 13 heavy (non-hydrogen) atoms. The molecule has 0 aliphatic rings. The van der Waals surface area contributed by atoms with Gasteiger partial charge >= 0.3 is 0 Å². The van der Waals surface area contributed by atoms with Gasteiger partial charge in [-0.05, 0) is 44.4 Å². The van der Waals surface area contributed by atoms with Gasteiger partial charge in [0, 0.05) is 9.77 Å². The zero-order valence-electron chi connectivity index (χ0n) is 8.01. The third kappa shape index (κ3) is 4.58. The lowest BCUT2D eigenvalue weighted by molar-refractivity contribution is 0.644. The molecule has 1 aromatic carbocycles. The highest BCUT2D eigenvalue weighted by atomic mass is 35.5. The van der Waals surface area contributed by atoms with Gasteiger partial charge in [0.15, 0.2) is 0 Å². The summed E-state index contributed by atoms with van der Waals surface area (Å²) in [6.07, 6.45) is 2.07. The summed E-state index contributed by atoms with van der Waals surface area (Å²) in [6, 6.07) is 7.97. The molecular formula is C11H14ClS. The molecule has 0 aromatic heterocycles. The molecular weight excluding hydrogens is 200 g/mol. The maximum Gasteiger partial charge on any atom is 0.0406 e. The van der Waals surface area contributed by atoms with Gasteiger partial charge in [-0.15, -0.1) is 0 Å². The molecule has 0 atom stereocenters. The van der Waals surface area contributed by atoms with Crippen LogP contribution in [0.5, 0.6) is 0 Å². The summed E-state index contributed by atoms with van der Waals surface area (Å²) < 4.78 is -0.000361. The Morgan fingerprint density at radius 1 is 1.23 bits per heavy atom. The van der Waals surface area contributed by atoms with E-state index in [1.165, 1.54) is 5.56 Å². The Morgan fingerprint density at radius 3 is 2.23 bits per heavy atom. The van der Waals surface area contributed by atoms with Crippen molar-refractivity contribution in [1.82, 2.24) is 0 Å². The van der Waals surface area contributed by atoms with Crippen LogP contribution in [0.15, 0.2) is 24.3 Å². The number of hydrogen-bond acceptors (Lipinski definition) is 0. The average Bonchev–Trinajstić information content (AvgIpc) is 2.02. The summed E-state index contributed by atoms with van der Waals surface area (Å²) in [4.78, 5) is 0. The first kappa shape index (κ1) is 10.9. The van der Waals surface area contributed by atoms with Gasteiger partial charge in [-0.2, -0.15) is 0 Å². The zero-order chi connectivity index (χ0) is 9.90. The van der Waals surface area contributed by atoms with Crippen LogP contribution in [-0.2, 0) is 6.42 Å². The summed E-state index contributed by atoms with van der Waals surface area (Å²) in [5.74, 6) is 0. The van der Waals surface area contributed by atoms with Crippen molar-refractivity contribution in [3.63, 3.8) is 0 Å². The maximum absolute atomic E-state index is 5.78. The van der Waals surface area contributed by atoms with E-state index >= 15 is 0 Å². The van der Waals surface area contributed by atoms with Crippen LogP contribution in [0.3, 0.4) is 0 Å². The second kappa shape index (κ2) is 4.39. The van der Waals surface area contributed by atoms with Crippen LogP contribution >= 0.6 is 24.2 Å². The van der Waals surface area contributed by atoms with Crippen molar-refractivity contribution in [3.8, 4) is 0 Å². The van der Waals surface area contributed by atoms with E-state index in [9.17, 15) is 0 Å². The summed E-state index contributed by atoms with van der Waals surface area (Å²) in [5, 5.41) is 0.793. The van der Waals surface area contributed by atoms with Crippen LogP contribution in [-0.4, -0.2) is 4.75 Å². The molecule has 0 nitrogen and oxygen atoms in total. The van der Waals surface area contributed by atoms with Crippen LogP contribution in [0.2, 0.25) is 5.02 Å². The van der Waals surface area contributed by atoms with E-state index in [0.717, 1.165) is 17.9 Å². The Bertz CT molecular complexity index is 258. The SMILES string of the molecule is CC(C)([S])CCc1ccc(Cl)cc1. The highest BCUT2D eigenvalue weighted by molar-refractivity contribution is 7.81. The molecule has 0 aliphatic carbocycles. The van der Waals surface area contributed by atoms with Crippen LogP contribution in [0.25, 0.3) is 0 Å². The molecule has 1 radical (unpaired) electrons. The Balaban J connectivity index is 2.51. The summed E-state index contributed by atoms with van der Waals surface area (Å²) in [7, 11) is 0. The van der Waals surface area contributed by atoms with Crippen molar-refractivity contribution in [2.24, 2.45) is 0 Å². The topological polar surface area (TPSA) is 0 Å². The van der Waals surface area contributed by atoms with Gasteiger partial charge in [-0.25, -0.2) is 0 Å². The molecule has 0 amide bonds. The predicted octanol–water partition coefficient (Wildman–Crippen LogP) is 4.25. The van der Waals surface area contributed by atoms with Crippen LogP contribution in [0.4, 0.5) is 0 Å². The molecule has 0 N–H and O–H groups in total. The second-order valence-electron chi connectivity index (χ2n) is 3.89. The molecule has 0 bridgehead atoms. The van der Waals surface area contributed by atoms with Gasteiger partial charge in [0.05, 0.1) is 0 Å². The summed E-state index contributed by atoms with van der Waals surface area (Å²) >= 11 is 11.1. The van der Waals surface area contributed by atoms with Crippen molar-refractivity contribution < 1.29 is 0 Å². The van der Waals surface area contributed by atoms with Gasteiger partial charge in [0.2, 0.25) is 0 Å². The molecule has 0 aliphatic heterocycles. The number of halogens is 1. The van der Waals surface area contributed by atoms with E-state index < -0.39 is 0 Å². The molecule has 0 heterocycles. The minimum Gasteiger partial charge on any atom is -0.0873 e. The largest absolute Gasteiger partial charge is 0.0873 e. The molecule has 0 spiro atoms. The van der Waals surface area contributed by atoms with Crippen molar-refractivity contribution in [2.75, 3.05) is 0 Å². The molecule has 71 valence electrons. The van der Waals surface area contributed by atoms with E-state index in [2.05, 4.69) is 26.0 Å². The lowest BCUT2D eigenvalue weighted by atomic mass is 10.0. The van der Waals surface area contributed by atoms with Gasteiger partial charge in [0.25, 0.3) is 0 Å². The first-order valence-corrected chi connectivity index (χ1v) is 5.21. The molecule has 1 rings (SSSR count). The Kier molecular flexibility index (Phi) is 3.69. The van der Waals surface area contributed by atoms with Gasteiger partial charge in [0.1, 0.15) is 0 Å². The van der Waals surface area contributed by atoms with Crippen molar-refractivity contribution in [2.45, 2.75) is 31.4 Å². The first-order valence-electron chi connectivity index (χ1n) is 4.42. The van der Waals surface area contributed by atoms with Crippen LogP contribution in [0.1, 0.15) is 25.8 Å². The normalized spacial score (nSPS) is 11.7. The first-order chi connectivity index (χ1) is 5.97. The number of aryl methyl sites for hydroxylation is 1. The van der Waals surface area contributed by atoms with Crippen molar-refractivity contribution in [3.05, 3.63) is 34.9 Å². The molecule has 0 unspecified atom stereocenters. The predicted molar refractivity (Wildman–Crippen MR) is 61.4 cm³/mol. The number of rotatable bonds is 3. The summed E-state index contributed by atoms with van der Waals surface area (Å²) in [6.45, 7) is 4.16. The monoisotopic (exact) mass is 213 g/mol. The standard InChI is InChI=1S/C11H14ClS/c1-11(2,13)8-7-9-3-5-10(12)6-4-9/h3-6H,7-8H2,1-2H3. The molecule has 0 fully saturated rings. The van der Waals surface area contributed by atoms with E-state index in [1.807, 2.05) is 12.1 Å². The van der Waals surface area contributed by atoms with Gasteiger partial charge in [-0.3, -0.25) is 0 Å². The lowest BCUT2D eigenvalue weighted by Gasteiger charge is -2.15. The third-order valence-electron chi connectivity index (χ3n) is 1.93. The minimum atomic E-state index is -0.000361. The fourth-order valence-corrected chi connectivity index (χ4v) is 1.32. The molecule has 0 saturated carbocycles. The Morgan fingerprint density at radius 2 is 1.77 bits per heavy atom. The second-order valence-corrected chi connectivity index (χ2v) is 5.43. The third-order valence-corrected chi connectivity index (χ3v) is 2.39. The van der Waals surface area contributed by atoms with E-state index in [4.69, 9.17) is 24.2 Å². The quantitative estimate of drug-likeness (QED) is 0.704. The number of benzene rings is 1. The van der Waals surface area contributed by atoms with Crippen molar-refractivity contribution in [1.29, 1.82) is 0 Å². The zero-order valence-corrected chi connectivity index (χ0v) is 9.58. The highest BCUT2D eigenvalue weighted by Gasteiger charge is 2.11. The minimum absolute atomic E-state index is 0.000361. The lowest BCUT2D eigenvalue weighted by Crippen LogP contribution is -2.11.